The zero-order valence-electron chi connectivity index (χ0n) is 11.7. The van der Waals surface area contributed by atoms with E-state index >= 15 is 0 Å². The topological polar surface area (TPSA) is 114 Å². The number of nitrogens with zero attached hydrogens (tertiary/aromatic N) is 3. The van der Waals surface area contributed by atoms with Crippen LogP contribution in [0.2, 0.25) is 5.02 Å². The first-order valence-electron chi connectivity index (χ1n) is 6.17. The van der Waals surface area contributed by atoms with Gasteiger partial charge in [-0.25, -0.2) is 4.98 Å². The number of anilines is 1. The number of carbonyl (C=O) groups is 1. The first kappa shape index (κ1) is 16.2. The number of carbonyl (C=O) groups excluding carboxylic acids is 1. The Bertz CT molecular complexity index is 721. The summed E-state index contributed by atoms with van der Waals surface area (Å²) in [6.45, 7) is 3.43. The number of aromatic nitrogens is 3. The number of amides is 1. The van der Waals surface area contributed by atoms with E-state index in [2.05, 4.69) is 20.5 Å². The lowest BCUT2D eigenvalue weighted by atomic mass is 10.2. The van der Waals surface area contributed by atoms with Crippen LogP contribution in [0.1, 0.15) is 12.7 Å². The van der Waals surface area contributed by atoms with Gasteiger partial charge in [-0.1, -0.05) is 23.4 Å². The fraction of sp³-hybridized carbons (Fsp3) is 0.250. The van der Waals surface area contributed by atoms with Crippen molar-refractivity contribution in [3.05, 3.63) is 39.2 Å². The highest BCUT2D eigenvalue weighted by Crippen LogP contribution is 2.28. The molecule has 0 fully saturated rings. The van der Waals surface area contributed by atoms with Crippen molar-refractivity contribution in [3.63, 3.8) is 0 Å². The van der Waals surface area contributed by atoms with E-state index in [9.17, 15) is 14.9 Å². The van der Waals surface area contributed by atoms with Crippen molar-refractivity contribution in [2.75, 3.05) is 5.32 Å². The van der Waals surface area contributed by atoms with Gasteiger partial charge >= 0.3 is 0 Å². The number of benzene rings is 1. The number of nitrogens with one attached hydrogen (secondary N) is 2. The quantitative estimate of drug-likeness (QED) is 0.491. The van der Waals surface area contributed by atoms with E-state index in [0.717, 1.165) is 0 Å². The lowest BCUT2D eigenvalue weighted by Crippen LogP contribution is -2.22. The molecule has 2 aromatic rings. The van der Waals surface area contributed by atoms with E-state index in [0.29, 0.717) is 11.0 Å². The molecule has 0 saturated heterocycles. The van der Waals surface area contributed by atoms with Gasteiger partial charge in [0.15, 0.2) is 0 Å². The standard InChI is InChI=1S/C12H12ClN5O3S/c1-6(22-12-14-7(2)16-17-12)11(19)15-10-5-8(18(20)21)3-4-9(10)13/h3-6H,1-2H3,(H,15,19)(H,14,16,17). The Labute approximate surface area is 134 Å². The Balaban J connectivity index is 2.07. The van der Waals surface area contributed by atoms with Crippen LogP contribution in [0.25, 0.3) is 0 Å². The molecule has 0 bridgehead atoms. The number of rotatable bonds is 5. The number of halogens is 1. The van der Waals surface area contributed by atoms with Crippen LogP contribution in [-0.2, 0) is 4.79 Å². The number of aryl methyl sites for hydroxylation is 1. The molecule has 1 aromatic heterocycles. The summed E-state index contributed by atoms with van der Waals surface area (Å²) >= 11 is 7.11. The Morgan fingerprint density at radius 3 is 2.86 bits per heavy atom. The largest absolute Gasteiger partial charge is 0.324 e. The third-order valence-electron chi connectivity index (χ3n) is 2.65. The van der Waals surface area contributed by atoms with Crippen molar-refractivity contribution >= 4 is 40.6 Å². The van der Waals surface area contributed by atoms with Crippen molar-refractivity contribution in [1.82, 2.24) is 15.2 Å². The van der Waals surface area contributed by atoms with Gasteiger partial charge in [0.05, 0.1) is 20.9 Å². The lowest BCUT2D eigenvalue weighted by molar-refractivity contribution is -0.384. The van der Waals surface area contributed by atoms with Crippen LogP contribution in [0.4, 0.5) is 11.4 Å². The Hall–Kier alpha value is -2.13. The fourth-order valence-corrected chi connectivity index (χ4v) is 2.48. The molecule has 2 N–H and O–H groups in total. The SMILES string of the molecule is Cc1nc(SC(C)C(=O)Nc2cc([N+](=O)[O-])ccc2Cl)n[nH]1. The normalized spacial score (nSPS) is 12.0. The number of non-ortho nitro benzene ring substituents is 1. The molecule has 1 unspecified atom stereocenters. The number of hydrogen-bond acceptors (Lipinski definition) is 6. The molecule has 1 amide bonds. The van der Waals surface area contributed by atoms with Gasteiger partial charge in [-0.2, -0.15) is 0 Å². The zero-order valence-corrected chi connectivity index (χ0v) is 13.2. The molecule has 0 saturated carbocycles. The minimum absolute atomic E-state index is 0.149. The molecule has 8 nitrogen and oxygen atoms in total. The molecule has 0 aliphatic heterocycles. The van der Waals surface area contributed by atoms with Gasteiger partial charge in [0, 0.05) is 12.1 Å². The summed E-state index contributed by atoms with van der Waals surface area (Å²) in [5.41, 5.74) is 0.0454. The number of hydrogen-bond donors (Lipinski definition) is 2. The van der Waals surface area contributed by atoms with Crippen molar-refractivity contribution < 1.29 is 9.72 Å². The fourth-order valence-electron chi connectivity index (χ4n) is 1.54. The molecular weight excluding hydrogens is 330 g/mol. The van der Waals surface area contributed by atoms with E-state index in [-0.39, 0.29) is 22.3 Å². The van der Waals surface area contributed by atoms with Crippen LogP contribution in [0.15, 0.2) is 23.4 Å². The summed E-state index contributed by atoms with van der Waals surface area (Å²) in [5, 5.41) is 20.1. The van der Waals surface area contributed by atoms with Gasteiger partial charge < -0.3 is 5.32 Å². The molecule has 0 radical (unpaired) electrons. The Morgan fingerprint density at radius 1 is 1.55 bits per heavy atom. The number of H-pyrrole nitrogens is 1. The third-order valence-corrected chi connectivity index (χ3v) is 3.94. The summed E-state index contributed by atoms with van der Waals surface area (Å²) in [6, 6.07) is 3.85. The molecule has 0 aliphatic rings. The molecule has 10 heteroatoms. The van der Waals surface area contributed by atoms with E-state index in [1.807, 2.05) is 0 Å². The number of aromatic amines is 1. The van der Waals surface area contributed by atoms with Crippen LogP contribution >= 0.6 is 23.4 Å². The summed E-state index contributed by atoms with van der Waals surface area (Å²) in [5.74, 6) is 0.298. The predicted octanol–water partition coefficient (Wildman–Crippen LogP) is 2.79. The second-order valence-corrected chi connectivity index (χ2v) is 6.09. The highest BCUT2D eigenvalue weighted by atomic mass is 35.5. The molecule has 2 rings (SSSR count). The molecule has 1 aromatic carbocycles. The monoisotopic (exact) mass is 341 g/mol. The highest BCUT2D eigenvalue weighted by molar-refractivity contribution is 8.00. The molecule has 116 valence electrons. The predicted molar refractivity (Wildman–Crippen MR) is 83.2 cm³/mol. The zero-order chi connectivity index (χ0) is 16.3. The van der Waals surface area contributed by atoms with Crippen LogP contribution in [0.5, 0.6) is 0 Å². The van der Waals surface area contributed by atoms with E-state index in [1.165, 1.54) is 30.0 Å². The van der Waals surface area contributed by atoms with Gasteiger partial charge in [-0.05, 0) is 19.9 Å². The summed E-state index contributed by atoms with van der Waals surface area (Å²) in [7, 11) is 0. The number of nitro benzene ring substituents is 1. The van der Waals surface area contributed by atoms with Crippen LogP contribution < -0.4 is 5.32 Å². The maximum absolute atomic E-state index is 12.1. The average Bonchev–Trinajstić information content (AvgIpc) is 2.86. The van der Waals surface area contributed by atoms with E-state index < -0.39 is 10.2 Å². The Kier molecular flexibility index (Phi) is 4.99. The molecular formula is C12H12ClN5O3S. The molecule has 1 heterocycles. The third kappa shape index (κ3) is 3.95. The second kappa shape index (κ2) is 6.75. The highest BCUT2D eigenvalue weighted by Gasteiger charge is 2.19. The van der Waals surface area contributed by atoms with Gasteiger partial charge in [0.25, 0.3) is 5.69 Å². The lowest BCUT2D eigenvalue weighted by Gasteiger charge is -2.11. The second-order valence-electron chi connectivity index (χ2n) is 4.37. The molecule has 0 aliphatic carbocycles. The van der Waals surface area contributed by atoms with Crippen LogP contribution in [0, 0.1) is 17.0 Å². The van der Waals surface area contributed by atoms with Gasteiger partial charge in [0.1, 0.15) is 5.82 Å². The maximum atomic E-state index is 12.1. The molecule has 0 spiro atoms. The van der Waals surface area contributed by atoms with E-state index in [1.54, 1.807) is 13.8 Å². The summed E-state index contributed by atoms with van der Waals surface area (Å²) in [4.78, 5) is 26.4. The minimum atomic E-state index is -0.555. The van der Waals surface area contributed by atoms with Gasteiger partial charge in [-0.15, -0.1) is 5.10 Å². The van der Waals surface area contributed by atoms with Crippen molar-refractivity contribution in [2.24, 2.45) is 0 Å². The van der Waals surface area contributed by atoms with Crippen molar-refractivity contribution in [2.45, 2.75) is 24.3 Å². The van der Waals surface area contributed by atoms with Crippen LogP contribution in [-0.4, -0.2) is 31.3 Å². The number of nitro groups is 1. The molecule has 1 atom stereocenters. The van der Waals surface area contributed by atoms with Gasteiger partial charge in [-0.3, -0.25) is 20.0 Å². The molecule has 22 heavy (non-hydrogen) atoms. The summed E-state index contributed by atoms with van der Waals surface area (Å²) < 4.78 is 0. The number of thioether (sulfide) groups is 1. The minimum Gasteiger partial charge on any atom is -0.324 e. The van der Waals surface area contributed by atoms with Crippen molar-refractivity contribution in [3.8, 4) is 0 Å². The average molecular weight is 342 g/mol. The summed E-state index contributed by atoms with van der Waals surface area (Å²) in [6.07, 6.45) is 0. The van der Waals surface area contributed by atoms with Crippen LogP contribution in [0.3, 0.4) is 0 Å². The smallest absolute Gasteiger partial charge is 0.271 e. The first-order chi connectivity index (χ1) is 10.4. The first-order valence-corrected chi connectivity index (χ1v) is 7.43. The van der Waals surface area contributed by atoms with Gasteiger partial charge in [0.2, 0.25) is 11.1 Å². The maximum Gasteiger partial charge on any atom is 0.271 e. The van der Waals surface area contributed by atoms with E-state index in [4.69, 9.17) is 11.6 Å². The Morgan fingerprint density at radius 2 is 2.27 bits per heavy atom. The van der Waals surface area contributed by atoms with Crippen molar-refractivity contribution in [1.29, 1.82) is 0 Å².